The predicted molar refractivity (Wildman–Crippen MR) is 96.9 cm³/mol. The van der Waals surface area contributed by atoms with Gasteiger partial charge in [-0.25, -0.2) is 0 Å². The van der Waals surface area contributed by atoms with E-state index in [1.165, 1.54) is 7.11 Å². The number of carbonyl (C=O) groups is 1. The number of pyridine rings is 1. The fourth-order valence-corrected chi connectivity index (χ4v) is 2.57. The minimum atomic E-state index is 0.120. The van der Waals surface area contributed by atoms with Crippen molar-refractivity contribution in [2.45, 2.75) is 26.2 Å². The molecule has 1 aromatic heterocycles. The van der Waals surface area contributed by atoms with Gasteiger partial charge in [-0.2, -0.15) is 0 Å². The van der Waals surface area contributed by atoms with Crippen molar-refractivity contribution in [3.8, 4) is 0 Å². The van der Waals surface area contributed by atoms with Gasteiger partial charge in [-0.15, -0.1) is 0 Å². The highest BCUT2D eigenvalue weighted by atomic mass is 35.5. The third kappa shape index (κ3) is 5.05. The summed E-state index contributed by atoms with van der Waals surface area (Å²) in [6.07, 6.45) is 4.63. The summed E-state index contributed by atoms with van der Waals surface area (Å²) in [6, 6.07) is 7.13. The topological polar surface area (TPSA) is 51.5 Å². The Morgan fingerprint density at radius 1 is 1.21 bits per heavy atom. The van der Waals surface area contributed by atoms with Gasteiger partial charge in [0.2, 0.25) is 0 Å². The van der Waals surface area contributed by atoms with E-state index in [1.54, 1.807) is 24.5 Å². The van der Waals surface area contributed by atoms with Crippen LogP contribution in [0.15, 0.2) is 41.8 Å². The van der Waals surface area contributed by atoms with Crippen LogP contribution in [-0.4, -0.2) is 23.6 Å². The normalized spacial score (nSPS) is 11.4. The van der Waals surface area contributed by atoms with Crippen molar-refractivity contribution in [3.63, 3.8) is 0 Å². The highest BCUT2D eigenvalue weighted by Crippen LogP contribution is 2.24. The Balaban J connectivity index is 2.04. The number of carbonyl (C=O) groups excluding carboxylic acids is 1. The Morgan fingerprint density at radius 3 is 2.67 bits per heavy atom. The molecule has 1 aromatic carbocycles. The molecule has 0 N–H and O–H groups in total. The van der Waals surface area contributed by atoms with E-state index < -0.39 is 0 Å². The molecule has 0 aliphatic carbocycles. The molecule has 0 radical (unpaired) electrons. The third-order valence-corrected chi connectivity index (χ3v) is 4.37. The summed E-state index contributed by atoms with van der Waals surface area (Å²) in [5.41, 5.74) is 3.46. The Morgan fingerprint density at radius 2 is 2.00 bits per heavy atom. The molecule has 0 unspecified atom stereocenters. The number of aryl methyl sites for hydroxylation is 1. The molecule has 6 heteroatoms. The molecule has 24 heavy (non-hydrogen) atoms. The maximum absolute atomic E-state index is 12.3. The number of halogens is 2. The average Bonchev–Trinajstić information content (AvgIpc) is 2.56. The van der Waals surface area contributed by atoms with E-state index in [4.69, 9.17) is 28.0 Å². The van der Waals surface area contributed by atoms with Crippen LogP contribution in [-0.2, 0) is 16.1 Å². The van der Waals surface area contributed by atoms with Crippen LogP contribution in [0, 0.1) is 6.92 Å². The molecule has 0 fully saturated rings. The van der Waals surface area contributed by atoms with E-state index in [9.17, 15) is 4.79 Å². The summed E-state index contributed by atoms with van der Waals surface area (Å²) >= 11 is 12.0. The Hall–Kier alpha value is -1.91. The number of aromatic nitrogens is 1. The number of nitrogens with zero attached hydrogens (tertiary/aromatic N) is 2. The third-order valence-electron chi connectivity index (χ3n) is 3.63. The zero-order valence-electron chi connectivity index (χ0n) is 13.6. The van der Waals surface area contributed by atoms with Gasteiger partial charge in [0.1, 0.15) is 12.9 Å². The van der Waals surface area contributed by atoms with Crippen molar-refractivity contribution in [2.75, 3.05) is 7.11 Å². The molecule has 0 atom stereocenters. The maximum Gasteiger partial charge on any atom is 0.137 e. The lowest BCUT2D eigenvalue weighted by Gasteiger charge is -2.08. The van der Waals surface area contributed by atoms with Crippen molar-refractivity contribution in [2.24, 2.45) is 5.16 Å². The average molecular weight is 365 g/mol. The number of rotatable bonds is 7. The van der Waals surface area contributed by atoms with E-state index in [2.05, 4.69) is 10.1 Å². The van der Waals surface area contributed by atoms with Crippen molar-refractivity contribution in [3.05, 3.63) is 63.4 Å². The summed E-state index contributed by atoms with van der Waals surface area (Å²) in [6.45, 7) is 1.97. The van der Waals surface area contributed by atoms with E-state index in [0.717, 1.165) is 16.7 Å². The quantitative estimate of drug-likeness (QED) is 0.531. The number of Topliss-reactive ketones (excluding diaryl/α,β-unsaturated/α-hetero) is 1. The van der Waals surface area contributed by atoms with Crippen LogP contribution >= 0.6 is 23.2 Å². The van der Waals surface area contributed by atoms with Gasteiger partial charge in [-0.3, -0.25) is 9.78 Å². The monoisotopic (exact) mass is 364 g/mol. The molecule has 0 saturated heterocycles. The first-order valence-corrected chi connectivity index (χ1v) is 8.23. The first kappa shape index (κ1) is 18.4. The van der Waals surface area contributed by atoms with E-state index in [0.29, 0.717) is 35.0 Å². The maximum atomic E-state index is 12.3. The second-order valence-electron chi connectivity index (χ2n) is 5.37. The number of hydrogen-bond acceptors (Lipinski definition) is 4. The van der Waals surface area contributed by atoms with Crippen LogP contribution in [0.3, 0.4) is 0 Å². The van der Waals surface area contributed by atoms with Gasteiger partial charge in [0.05, 0.1) is 15.8 Å². The molecule has 2 aromatic rings. The molecule has 2 rings (SSSR count). The molecule has 1 heterocycles. The zero-order valence-corrected chi connectivity index (χ0v) is 15.1. The molecule has 0 aliphatic rings. The lowest BCUT2D eigenvalue weighted by Crippen LogP contribution is -2.09. The van der Waals surface area contributed by atoms with Crippen molar-refractivity contribution >= 4 is 34.7 Å². The Kier molecular flexibility index (Phi) is 6.76. The molecule has 126 valence electrons. The molecule has 0 aliphatic heterocycles. The first-order chi connectivity index (χ1) is 11.5. The van der Waals surface area contributed by atoms with Gasteiger partial charge >= 0.3 is 0 Å². The van der Waals surface area contributed by atoms with Crippen molar-refractivity contribution in [1.82, 2.24) is 4.98 Å². The standard InChI is InChI=1S/C18H18Cl2N2O2/c1-12-7-8-21-11-14(12)9-15(23)4-6-18(22-24-2)13-3-5-16(19)17(20)10-13/h3,5,7-8,10-11H,4,6,9H2,1-2H3. The van der Waals surface area contributed by atoms with Crippen LogP contribution in [0.25, 0.3) is 0 Å². The summed E-state index contributed by atoms with van der Waals surface area (Å²) in [5.74, 6) is 0.120. The van der Waals surface area contributed by atoms with Crippen LogP contribution in [0.1, 0.15) is 29.5 Å². The first-order valence-electron chi connectivity index (χ1n) is 7.48. The number of benzene rings is 1. The second-order valence-corrected chi connectivity index (χ2v) is 6.18. The lowest BCUT2D eigenvalue weighted by atomic mass is 10.00. The van der Waals surface area contributed by atoms with Gasteiger partial charge in [0.25, 0.3) is 0 Å². The van der Waals surface area contributed by atoms with Crippen LogP contribution in [0.5, 0.6) is 0 Å². The highest BCUT2D eigenvalue weighted by molar-refractivity contribution is 6.42. The van der Waals surface area contributed by atoms with Crippen LogP contribution < -0.4 is 0 Å². The number of hydrogen-bond donors (Lipinski definition) is 0. The molecular weight excluding hydrogens is 347 g/mol. The Labute approximate surface area is 151 Å². The summed E-state index contributed by atoms with van der Waals surface area (Å²) < 4.78 is 0. The number of ketones is 1. The van der Waals surface area contributed by atoms with E-state index in [1.807, 2.05) is 19.1 Å². The minimum Gasteiger partial charge on any atom is -0.399 e. The second kappa shape index (κ2) is 8.81. The molecular formula is C18H18Cl2N2O2. The molecule has 0 saturated carbocycles. The van der Waals surface area contributed by atoms with Crippen molar-refractivity contribution in [1.29, 1.82) is 0 Å². The zero-order chi connectivity index (χ0) is 17.5. The number of oxime groups is 1. The van der Waals surface area contributed by atoms with Gasteiger partial charge in [-0.1, -0.05) is 34.4 Å². The minimum absolute atomic E-state index is 0.120. The van der Waals surface area contributed by atoms with Gasteiger partial charge in [-0.05, 0) is 36.2 Å². The molecule has 4 nitrogen and oxygen atoms in total. The largest absolute Gasteiger partial charge is 0.399 e. The highest BCUT2D eigenvalue weighted by Gasteiger charge is 2.12. The van der Waals surface area contributed by atoms with Crippen LogP contribution in [0.4, 0.5) is 0 Å². The van der Waals surface area contributed by atoms with Crippen LogP contribution in [0.2, 0.25) is 10.0 Å². The van der Waals surface area contributed by atoms with E-state index in [-0.39, 0.29) is 5.78 Å². The Bertz CT molecular complexity index is 760. The molecule has 0 bridgehead atoms. The molecule has 0 spiro atoms. The van der Waals surface area contributed by atoms with Gasteiger partial charge in [0.15, 0.2) is 0 Å². The van der Waals surface area contributed by atoms with Crippen molar-refractivity contribution < 1.29 is 9.63 Å². The lowest BCUT2D eigenvalue weighted by molar-refractivity contribution is -0.118. The van der Waals surface area contributed by atoms with Gasteiger partial charge in [0, 0.05) is 37.2 Å². The summed E-state index contributed by atoms with van der Waals surface area (Å²) in [7, 11) is 1.47. The fourth-order valence-electron chi connectivity index (χ4n) is 2.27. The molecule has 0 amide bonds. The summed E-state index contributed by atoms with van der Waals surface area (Å²) in [5, 5.41) is 4.92. The predicted octanol–water partition coefficient (Wildman–Crippen LogP) is 4.64. The van der Waals surface area contributed by atoms with Gasteiger partial charge < -0.3 is 4.84 Å². The smallest absolute Gasteiger partial charge is 0.137 e. The SMILES string of the molecule is CON=C(CCC(=O)Cc1cnccc1C)c1ccc(Cl)c(Cl)c1. The van der Waals surface area contributed by atoms with E-state index >= 15 is 0 Å². The summed E-state index contributed by atoms with van der Waals surface area (Å²) in [4.78, 5) is 21.2. The fraction of sp³-hybridized carbons (Fsp3) is 0.278.